The molecule has 0 radical (unpaired) electrons. The van der Waals surface area contributed by atoms with Crippen molar-refractivity contribution >= 4 is 0 Å². The van der Waals surface area contributed by atoms with Gasteiger partial charge in [0.25, 0.3) is 0 Å². The Labute approximate surface area is 102 Å². The van der Waals surface area contributed by atoms with Crippen molar-refractivity contribution < 1.29 is 9.47 Å². The summed E-state index contributed by atoms with van der Waals surface area (Å²) in [5.41, 5.74) is 1.27. The number of hydrogen-bond acceptors (Lipinski definition) is 3. The van der Waals surface area contributed by atoms with Gasteiger partial charge in [-0.15, -0.1) is 6.42 Å². The summed E-state index contributed by atoms with van der Waals surface area (Å²) in [4.78, 5) is 0. The summed E-state index contributed by atoms with van der Waals surface area (Å²) in [5.74, 6) is 4.28. The molecule has 2 rings (SSSR count). The second-order valence-electron chi connectivity index (χ2n) is 4.21. The molecule has 0 amide bonds. The first-order valence-corrected chi connectivity index (χ1v) is 5.85. The predicted octanol–water partition coefficient (Wildman–Crippen LogP) is 1.96. The van der Waals surface area contributed by atoms with Gasteiger partial charge < -0.3 is 14.8 Å². The molecule has 1 atom stereocenters. The average Bonchev–Trinajstić information content (AvgIpc) is 2.81. The molecule has 90 valence electrons. The molecule has 0 aliphatic carbocycles. The van der Waals surface area contributed by atoms with E-state index in [0.717, 1.165) is 24.3 Å². The molecule has 1 aromatic rings. The van der Waals surface area contributed by atoms with Gasteiger partial charge in [-0.25, -0.2) is 0 Å². The van der Waals surface area contributed by atoms with Crippen LogP contribution in [0.5, 0.6) is 11.5 Å². The van der Waals surface area contributed by atoms with Crippen LogP contribution in [0.15, 0.2) is 18.2 Å². The number of rotatable bonds is 5. The zero-order valence-corrected chi connectivity index (χ0v) is 10.0. The number of ether oxygens (including phenoxy) is 2. The van der Waals surface area contributed by atoms with E-state index in [4.69, 9.17) is 15.9 Å². The molecule has 3 nitrogen and oxygen atoms in total. The lowest BCUT2D eigenvalue weighted by molar-refractivity contribution is 0.174. The Kier molecular flexibility index (Phi) is 3.89. The Morgan fingerprint density at radius 3 is 3.06 bits per heavy atom. The van der Waals surface area contributed by atoms with Crippen molar-refractivity contribution in [2.24, 2.45) is 0 Å². The Balaban J connectivity index is 1.85. The van der Waals surface area contributed by atoms with E-state index in [1.165, 1.54) is 5.56 Å². The van der Waals surface area contributed by atoms with Gasteiger partial charge in [0.05, 0.1) is 6.54 Å². The molecule has 3 heteroatoms. The number of aryl methyl sites for hydroxylation is 1. The summed E-state index contributed by atoms with van der Waals surface area (Å²) in [7, 11) is 0. The Morgan fingerprint density at radius 1 is 1.41 bits per heavy atom. The van der Waals surface area contributed by atoms with Crippen molar-refractivity contribution in [3.63, 3.8) is 0 Å². The van der Waals surface area contributed by atoms with E-state index in [1.807, 2.05) is 6.07 Å². The molecule has 1 heterocycles. The predicted molar refractivity (Wildman–Crippen MR) is 67.2 cm³/mol. The molecule has 0 spiro atoms. The zero-order valence-electron chi connectivity index (χ0n) is 10.0. The maximum absolute atomic E-state index is 5.35. The van der Waals surface area contributed by atoms with E-state index in [1.54, 1.807) is 0 Å². The van der Waals surface area contributed by atoms with Gasteiger partial charge in [0, 0.05) is 6.04 Å². The van der Waals surface area contributed by atoms with Gasteiger partial charge in [0.15, 0.2) is 11.5 Å². The molecule has 1 aliphatic heterocycles. The second-order valence-corrected chi connectivity index (χ2v) is 4.21. The van der Waals surface area contributed by atoms with Crippen LogP contribution in [0.25, 0.3) is 0 Å². The number of terminal acetylenes is 1. The fourth-order valence-electron chi connectivity index (χ4n) is 1.81. The molecular formula is C14H17NO2. The smallest absolute Gasteiger partial charge is 0.231 e. The minimum Gasteiger partial charge on any atom is -0.454 e. The normalized spacial score (nSPS) is 14.4. The van der Waals surface area contributed by atoms with Gasteiger partial charge in [-0.2, -0.15) is 0 Å². The SMILES string of the molecule is C#CCNC(C)CCc1ccc2c(c1)OCO2. The fraction of sp³-hybridized carbons (Fsp3) is 0.429. The third-order valence-electron chi connectivity index (χ3n) is 2.86. The number of fused-ring (bicyclic) bond motifs is 1. The number of nitrogens with one attached hydrogen (secondary N) is 1. The molecule has 0 fully saturated rings. The van der Waals surface area contributed by atoms with Crippen LogP contribution in [-0.4, -0.2) is 19.4 Å². The minimum absolute atomic E-state index is 0.332. The number of benzene rings is 1. The first-order valence-electron chi connectivity index (χ1n) is 5.85. The Bertz CT molecular complexity index is 423. The van der Waals surface area contributed by atoms with Gasteiger partial charge >= 0.3 is 0 Å². The lowest BCUT2D eigenvalue weighted by atomic mass is 10.1. The highest BCUT2D eigenvalue weighted by Crippen LogP contribution is 2.32. The van der Waals surface area contributed by atoms with Crippen LogP contribution in [0.1, 0.15) is 18.9 Å². The van der Waals surface area contributed by atoms with Crippen LogP contribution >= 0.6 is 0 Å². The Hall–Kier alpha value is -1.66. The molecule has 0 bridgehead atoms. The van der Waals surface area contributed by atoms with Crippen LogP contribution in [0.4, 0.5) is 0 Å². The van der Waals surface area contributed by atoms with Crippen molar-refractivity contribution in [1.82, 2.24) is 5.32 Å². The van der Waals surface area contributed by atoms with Crippen molar-refractivity contribution in [3.05, 3.63) is 23.8 Å². The Morgan fingerprint density at radius 2 is 2.24 bits per heavy atom. The van der Waals surface area contributed by atoms with E-state index < -0.39 is 0 Å². The molecule has 1 aromatic carbocycles. The fourth-order valence-corrected chi connectivity index (χ4v) is 1.81. The maximum atomic E-state index is 5.35. The van der Waals surface area contributed by atoms with Crippen LogP contribution in [0, 0.1) is 12.3 Å². The first kappa shape index (κ1) is 11.8. The van der Waals surface area contributed by atoms with Gasteiger partial charge in [-0.3, -0.25) is 0 Å². The minimum atomic E-state index is 0.332. The van der Waals surface area contributed by atoms with Crippen molar-refractivity contribution in [3.8, 4) is 23.8 Å². The molecule has 1 N–H and O–H groups in total. The van der Waals surface area contributed by atoms with E-state index in [0.29, 0.717) is 19.4 Å². The lowest BCUT2D eigenvalue weighted by Crippen LogP contribution is -2.26. The molecule has 0 saturated carbocycles. The van der Waals surface area contributed by atoms with E-state index in [2.05, 4.69) is 30.3 Å². The number of hydrogen-bond donors (Lipinski definition) is 1. The van der Waals surface area contributed by atoms with Crippen molar-refractivity contribution in [2.45, 2.75) is 25.8 Å². The van der Waals surface area contributed by atoms with Gasteiger partial charge in [-0.05, 0) is 37.5 Å². The highest BCUT2D eigenvalue weighted by Gasteiger charge is 2.13. The van der Waals surface area contributed by atoms with Gasteiger partial charge in [0.2, 0.25) is 6.79 Å². The molecule has 0 saturated heterocycles. The average molecular weight is 231 g/mol. The first-order chi connectivity index (χ1) is 8.29. The summed E-state index contributed by atoms with van der Waals surface area (Å²) >= 11 is 0. The summed E-state index contributed by atoms with van der Waals surface area (Å²) in [6.45, 7) is 3.10. The molecular weight excluding hydrogens is 214 g/mol. The lowest BCUT2D eigenvalue weighted by Gasteiger charge is -2.11. The van der Waals surface area contributed by atoms with Crippen LogP contribution < -0.4 is 14.8 Å². The topological polar surface area (TPSA) is 30.5 Å². The third-order valence-corrected chi connectivity index (χ3v) is 2.86. The summed E-state index contributed by atoms with van der Waals surface area (Å²) in [6, 6.07) is 6.53. The van der Waals surface area contributed by atoms with Gasteiger partial charge in [-0.1, -0.05) is 12.0 Å². The summed E-state index contributed by atoms with van der Waals surface area (Å²) in [5, 5.41) is 3.26. The maximum Gasteiger partial charge on any atom is 0.231 e. The standard InChI is InChI=1S/C14H17NO2/c1-3-8-15-11(2)4-5-12-6-7-13-14(9-12)17-10-16-13/h1,6-7,9,11,15H,4-5,8,10H2,2H3. The largest absolute Gasteiger partial charge is 0.454 e. The molecule has 17 heavy (non-hydrogen) atoms. The van der Waals surface area contributed by atoms with Crippen molar-refractivity contribution in [2.75, 3.05) is 13.3 Å². The highest BCUT2D eigenvalue weighted by molar-refractivity contribution is 5.44. The zero-order chi connectivity index (χ0) is 12.1. The summed E-state index contributed by atoms with van der Waals surface area (Å²) in [6.07, 6.45) is 7.27. The summed E-state index contributed by atoms with van der Waals surface area (Å²) < 4.78 is 10.6. The van der Waals surface area contributed by atoms with E-state index in [9.17, 15) is 0 Å². The van der Waals surface area contributed by atoms with Crippen LogP contribution in [-0.2, 0) is 6.42 Å². The van der Waals surface area contributed by atoms with Crippen molar-refractivity contribution in [1.29, 1.82) is 0 Å². The third kappa shape index (κ3) is 3.15. The molecule has 0 aromatic heterocycles. The van der Waals surface area contributed by atoms with E-state index >= 15 is 0 Å². The van der Waals surface area contributed by atoms with E-state index in [-0.39, 0.29) is 0 Å². The quantitative estimate of drug-likeness (QED) is 0.786. The highest BCUT2D eigenvalue weighted by atomic mass is 16.7. The molecule has 1 aliphatic rings. The van der Waals surface area contributed by atoms with Crippen LogP contribution in [0.3, 0.4) is 0 Å². The van der Waals surface area contributed by atoms with Gasteiger partial charge in [0.1, 0.15) is 0 Å². The monoisotopic (exact) mass is 231 g/mol. The molecule has 1 unspecified atom stereocenters. The second kappa shape index (κ2) is 5.60. The van der Waals surface area contributed by atoms with Crippen LogP contribution in [0.2, 0.25) is 0 Å².